The molecular weight excluding hydrogens is 182 g/mol. The van der Waals surface area contributed by atoms with Gasteiger partial charge in [0.15, 0.2) is 0 Å². The summed E-state index contributed by atoms with van der Waals surface area (Å²) < 4.78 is 0. The lowest BCUT2D eigenvalue weighted by Crippen LogP contribution is -2.55. The minimum absolute atomic E-state index is 0.342. The number of nitrogens with one attached hydrogen (secondary N) is 1. The van der Waals surface area contributed by atoms with E-state index in [0.717, 1.165) is 6.42 Å². The zero-order chi connectivity index (χ0) is 11.4. The Kier molecular flexibility index (Phi) is 4.56. The molecule has 0 fully saturated rings. The Bertz CT molecular complexity index is 226. The summed E-state index contributed by atoms with van der Waals surface area (Å²) in [6.07, 6.45) is 1.38. The monoisotopic (exact) mass is 201 g/mol. The molecule has 82 valence electrons. The van der Waals surface area contributed by atoms with Gasteiger partial charge in [-0.15, -0.1) is 0 Å². The minimum Gasteiger partial charge on any atom is -0.368 e. The van der Waals surface area contributed by atoms with Crippen LogP contribution < -0.4 is 16.8 Å². The van der Waals surface area contributed by atoms with Gasteiger partial charge in [-0.1, -0.05) is 13.3 Å². The number of nitrogens with two attached hydrogens (primary N) is 2. The van der Waals surface area contributed by atoms with E-state index in [1.165, 1.54) is 6.92 Å². The fourth-order valence-electron chi connectivity index (χ4n) is 1.07. The van der Waals surface area contributed by atoms with Gasteiger partial charge in [0, 0.05) is 0 Å². The van der Waals surface area contributed by atoms with Crippen molar-refractivity contribution < 1.29 is 9.59 Å². The number of primary amides is 1. The number of carbonyl (C=O) groups excluding carboxylic acids is 2. The minimum atomic E-state index is -0.932. The van der Waals surface area contributed by atoms with E-state index in [1.54, 1.807) is 6.92 Å². The van der Waals surface area contributed by atoms with Crippen LogP contribution in [-0.4, -0.2) is 23.4 Å². The SMILES string of the molecule is CCCC(C)(N)C(=O)N[C@@H](C)C(N)=O. The molecule has 5 nitrogen and oxygen atoms in total. The first-order chi connectivity index (χ1) is 6.31. The van der Waals surface area contributed by atoms with Crippen molar-refractivity contribution in [2.75, 3.05) is 0 Å². The summed E-state index contributed by atoms with van der Waals surface area (Å²) in [5.74, 6) is -0.906. The van der Waals surface area contributed by atoms with Gasteiger partial charge in [0.05, 0.1) is 5.54 Å². The third kappa shape index (κ3) is 3.74. The van der Waals surface area contributed by atoms with Crippen LogP contribution in [0.4, 0.5) is 0 Å². The summed E-state index contributed by atoms with van der Waals surface area (Å²) in [4.78, 5) is 22.2. The van der Waals surface area contributed by atoms with Crippen molar-refractivity contribution in [2.45, 2.75) is 45.2 Å². The van der Waals surface area contributed by atoms with E-state index < -0.39 is 17.5 Å². The van der Waals surface area contributed by atoms with Gasteiger partial charge in [0.2, 0.25) is 11.8 Å². The molecule has 0 aliphatic rings. The van der Waals surface area contributed by atoms with Crippen LogP contribution in [0, 0.1) is 0 Å². The number of hydrogen-bond donors (Lipinski definition) is 3. The van der Waals surface area contributed by atoms with Gasteiger partial charge in [-0.3, -0.25) is 9.59 Å². The van der Waals surface area contributed by atoms with Crippen molar-refractivity contribution in [3.8, 4) is 0 Å². The molecule has 2 atom stereocenters. The van der Waals surface area contributed by atoms with Crippen molar-refractivity contribution in [2.24, 2.45) is 11.5 Å². The van der Waals surface area contributed by atoms with Crippen molar-refractivity contribution in [1.29, 1.82) is 0 Å². The average Bonchev–Trinajstić information content (AvgIpc) is 2.03. The lowest BCUT2D eigenvalue weighted by Gasteiger charge is -2.24. The Morgan fingerprint density at radius 3 is 2.36 bits per heavy atom. The zero-order valence-corrected chi connectivity index (χ0v) is 8.96. The molecule has 5 heteroatoms. The van der Waals surface area contributed by atoms with Gasteiger partial charge in [-0.05, 0) is 20.3 Å². The van der Waals surface area contributed by atoms with Gasteiger partial charge >= 0.3 is 0 Å². The van der Waals surface area contributed by atoms with E-state index >= 15 is 0 Å². The summed E-state index contributed by atoms with van der Waals surface area (Å²) in [5.41, 5.74) is 9.83. The van der Waals surface area contributed by atoms with Crippen molar-refractivity contribution in [3.05, 3.63) is 0 Å². The van der Waals surface area contributed by atoms with Gasteiger partial charge in [0.1, 0.15) is 6.04 Å². The maximum Gasteiger partial charge on any atom is 0.240 e. The quantitative estimate of drug-likeness (QED) is 0.559. The molecule has 0 saturated carbocycles. The second kappa shape index (κ2) is 4.95. The smallest absolute Gasteiger partial charge is 0.240 e. The highest BCUT2D eigenvalue weighted by Gasteiger charge is 2.28. The highest BCUT2D eigenvalue weighted by molar-refractivity contribution is 5.90. The molecule has 1 unspecified atom stereocenters. The van der Waals surface area contributed by atoms with E-state index in [2.05, 4.69) is 5.32 Å². The molecule has 0 heterocycles. The maximum absolute atomic E-state index is 11.5. The Morgan fingerprint density at radius 2 is 2.00 bits per heavy atom. The summed E-state index contributed by atoms with van der Waals surface area (Å²) in [5, 5.41) is 2.47. The Hall–Kier alpha value is -1.10. The third-order valence-electron chi connectivity index (χ3n) is 2.06. The molecule has 2 amide bonds. The highest BCUT2D eigenvalue weighted by Crippen LogP contribution is 2.08. The molecule has 0 rings (SSSR count). The average molecular weight is 201 g/mol. The first-order valence-corrected chi connectivity index (χ1v) is 4.70. The van der Waals surface area contributed by atoms with Crippen LogP contribution >= 0.6 is 0 Å². The lowest BCUT2D eigenvalue weighted by atomic mass is 9.96. The molecule has 0 aliphatic heterocycles. The van der Waals surface area contributed by atoms with Crippen molar-refractivity contribution >= 4 is 11.8 Å². The summed E-state index contributed by atoms with van der Waals surface area (Å²) >= 11 is 0. The normalized spacial score (nSPS) is 16.9. The first-order valence-electron chi connectivity index (χ1n) is 4.70. The molecule has 0 aliphatic carbocycles. The van der Waals surface area contributed by atoms with Crippen LogP contribution in [-0.2, 0) is 9.59 Å². The molecule has 14 heavy (non-hydrogen) atoms. The topological polar surface area (TPSA) is 98.2 Å². The fraction of sp³-hybridized carbons (Fsp3) is 0.778. The number of hydrogen-bond acceptors (Lipinski definition) is 3. The van der Waals surface area contributed by atoms with Crippen LogP contribution in [0.1, 0.15) is 33.6 Å². The van der Waals surface area contributed by atoms with Gasteiger partial charge in [0.25, 0.3) is 0 Å². The largest absolute Gasteiger partial charge is 0.368 e. The van der Waals surface area contributed by atoms with E-state index in [-0.39, 0.29) is 5.91 Å². The summed E-state index contributed by atoms with van der Waals surface area (Å²) in [6, 6.07) is -0.678. The van der Waals surface area contributed by atoms with E-state index in [4.69, 9.17) is 11.5 Å². The Labute approximate surface area is 84.2 Å². The van der Waals surface area contributed by atoms with Crippen LogP contribution in [0.15, 0.2) is 0 Å². The van der Waals surface area contributed by atoms with E-state index in [0.29, 0.717) is 6.42 Å². The van der Waals surface area contributed by atoms with Gasteiger partial charge < -0.3 is 16.8 Å². The Balaban J connectivity index is 4.26. The second-order valence-corrected chi connectivity index (χ2v) is 3.76. The van der Waals surface area contributed by atoms with Crippen LogP contribution in [0.3, 0.4) is 0 Å². The number of carbonyl (C=O) groups is 2. The van der Waals surface area contributed by atoms with Crippen molar-refractivity contribution in [3.63, 3.8) is 0 Å². The molecular formula is C9H19N3O2. The third-order valence-corrected chi connectivity index (χ3v) is 2.06. The molecule has 0 aromatic rings. The standard InChI is InChI=1S/C9H19N3O2/c1-4-5-9(3,11)8(14)12-6(2)7(10)13/h6H,4-5,11H2,1-3H3,(H2,10,13)(H,12,14)/t6-,9?/m0/s1. The van der Waals surface area contributed by atoms with E-state index in [1.807, 2.05) is 6.92 Å². The summed E-state index contributed by atoms with van der Waals surface area (Å²) in [6.45, 7) is 5.11. The highest BCUT2D eigenvalue weighted by atomic mass is 16.2. The molecule has 0 saturated heterocycles. The lowest BCUT2D eigenvalue weighted by molar-refractivity contribution is -0.130. The molecule has 0 radical (unpaired) electrons. The number of rotatable bonds is 5. The maximum atomic E-state index is 11.5. The molecule has 0 bridgehead atoms. The van der Waals surface area contributed by atoms with E-state index in [9.17, 15) is 9.59 Å². The number of amides is 2. The molecule has 5 N–H and O–H groups in total. The van der Waals surface area contributed by atoms with Crippen molar-refractivity contribution in [1.82, 2.24) is 5.32 Å². The zero-order valence-electron chi connectivity index (χ0n) is 8.96. The fourth-order valence-corrected chi connectivity index (χ4v) is 1.07. The van der Waals surface area contributed by atoms with Crippen LogP contribution in [0.2, 0.25) is 0 Å². The molecule has 0 aromatic carbocycles. The molecule has 0 aromatic heterocycles. The predicted molar refractivity (Wildman–Crippen MR) is 54.3 cm³/mol. The molecule has 0 spiro atoms. The Morgan fingerprint density at radius 1 is 1.50 bits per heavy atom. The summed E-state index contributed by atoms with van der Waals surface area (Å²) in [7, 11) is 0. The van der Waals surface area contributed by atoms with Crippen LogP contribution in [0.25, 0.3) is 0 Å². The predicted octanol–water partition coefficient (Wildman–Crippen LogP) is -0.506. The van der Waals surface area contributed by atoms with Gasteiger partial charge in [-0.2, -0.15) is 0 Å². The van der Waals surface area contributed by atoms with Crippen LogP contribution in [0.5, 0.6) is 0 Å². The van der Waals surface area contributed by atoms with Gasteiger partial charge in [-0.25, -0.2) is 0 Å². The second-order valence-electron chi connectivity index (χ2n) is 3.76. The first kappa shape index (κ1) is 12.9.